The predicted molar refractivity (Wildman–Crippen MR) is 131 cm³/mol. The van der Waals surface area contributed by atoms with Crippen molar-refractivity contribution in [3.63, 3.8) is 0 Å². The number of nitrogens with zero attached hydrogens (tertiary/aromatic N) is 2. The highest BCUT2D eigenvalue weighted by atomic mass is 35.5. The molecule has 0 radical (unpaired) electrons. The molecule has 0 bridgehead atoms. The summed E-state index contributed by atoms with van der Waals surface area (Å²) >= 11 is 6.24. The Balaban J connectivity index is 1.47. The van der Waals surface area contributed by atoms with Gasteiger partial charge in [0.2, 0.25) is 5.88 Å². The molecule has 2 heterocycles. The summed E-state index contributed by atoms with van der Waals surface area (Å²) in [6, 6.07) is 4.08. The Labute approximate surface area is 212 Å². The lowest BCUT2D eigenvalue weighted by Crippen LogP contribution is -2.41. The van der Waals surface area contributed by atoms with Crippen LogP contribution in [-0.4, -0.2) is 81.4 Å². The molecule has 1 saturated carbocycles. The van der Waals surface area contributed by atoms with Gasteiger partial charge in [0.15, 0.2) is 12.2 Å². The number of piperidine rings is 1. The molecular weight excluding hydrogens is 492 g/mol. The van der Waals surface area contributed by atoms with Gasteiger partial charge in [0.1, 0.15) is 0 Å². The number of nitrogens with one attached hydrogen (secondary N) is 1. The van der Waals surface area contributed by atoms with Crippen molar-refractivity contribution in [2.45, 2.75) is 26.1 Å². The maximum Gasteiger partial charge on any atom is 0.345 e. The number of esters is 1. The summed E-state index contributed by atoms with van der Waals surface area (Å²) in [5, 5.41) is 31.2. The van der Waals surface area contributed by atoms with E-state index in [2.05, 4.69) is 29.0 Å². The van der Waals surface area contributed by atoms with Crippen molar-refractivity contribution in [3.05, 3.63) is 28.8 Å². The van der Waals surface area contributed by atoms with E-state index in [-0.39, 0.29) is 27.7 Å². The number of likely N-dealkylation sites (tertiary alicyclic amines) is 1. The molecule has 36 heavy (non-hydrogen) atoms. The molecule has 1 aromatic carbocycles. The number of hydrogen-bond donors (Lipinski definition) is 5. The number of carboxylic acids is 1. The van der Waals surface area contributed by atoms with Crippen LogP contribution in [-0.2, 0) is 9.59 Å². The van der Waals surface area contributed by atoms with Crippen molar-refractivity contribution in [3.8, 4) is 5.88 Å². The first kappa shape index (κ1) is 26.1. The Morgan fingerprint density at radius 3 is 2.50 bits per heavy atom. The van der Waals surface area contributed by atoms with Crippen LogP contribution < -0.4 is 15.8 Å². The third-order valence-corrected chi connectivity index (χ3v) is 7.07. The Bertz CT molecular complexity index is 1190. The van der Waals surface area contributed by atoms with E-state index in [4.69, 9.17) is 27.2 Å². The van der Waals surface area contributed by atoms with E-state index < -0.39 is 30.1 Å². The minimum Gasteiger partial charge on any atom is -0.479 e. The van der Waals surface area contributed by atoms with Gasteiger partial charge in [-0.15, -0.1) is 0 Å². The lowest BCUT2D eigenvalue weighted by atomic mass is 10.1. The van der Waals surface area contributed by atoms with Gasteiger partial charge in [-0.25, -0.2) is 14.6 Å². The summed E-state index contributed by atoms with van der Waals surface area (Å²) in [5.41, 5.74) is 6.47. The van der Waals surface area contributed by atoms with Crippen molar-refractivity contribution in [1.82, 2.24) is 15.2 Å². The zero-order chi connectivity index (χ0) is 26.3. The lowest BCUT2D eigenvalue weighted by molar-refractivity contribution is -0.164. The third kappa shape index (κ3) is 5.24. The normalized spacial score (nSPS) is 22.8. The minimum absolute atomic E-state index is 0.118. The number of halogens is 1. The van der Waals surface area contributed by atoms with Crippen molar-refractivity contribution in [2.24, 2.45) is 23.7 Å². The summed E-state index contributed by atoms with van der Waals surface area (Å²) < 4.78 is 4.92. The first-order chi connectivity index (χ1) is 17.0. The molecule has 0 spiro atoms. The molecule has 4 atom stereocenters. The molecule has 6 N–H and O–H groups in total. The van der Waals surface area contributed by atoms with Gasteiger partial charge in [0, 0.05) is 37.6 Å². The van der Waals surface area contributed by atoms with Crippen LogP contribution in [0.5, 0.6) is 5.88 Å². The number of aliphatic hydroxyl groups excluding tert-OH is 2. The van der Waals surface area contributed by atoms with Crippen LogP contribution in [0, 0.1) is 23.7 Å². The van der Waals surface area contributed by atoms with E-state index in [1.807, 2.05) is 0 Å². The van der Waals surface area contributed by atoms with E-state index in [9.17, 15) is 24.6 Å². The number of ether oxygens (including phenoxy) is 1. The number of hydrogen-bond acceptors (Lipinski definition) is 9. The minimum atomic E-state index is -2.37. The first-order valence-electron chi connectivity index (χ1n) is 11.7. The van der Waals surface area contributed by atoms with Crippen LogP contribution in [0.3, 0.4) is 0 Å². The second-order valence-electron chi connectivity index (χ2n) is 9.83. The predicted octanol–water partition coefficient (Wildman–Crippen LogP) is 0.746. The number of benzene rings is 1. The van der Waals surface area contributed by atoms with Crippen molar-refractivity contribution >= 4 is 46.0 Å². The van der Waals surface area contributed by atoms with Gasteiger partial charge in [-0.1, -0.05) is 25.4 Å². The Hall–Kier alpha value is -2.99. The van der Waals surface area contributed by atoms with Gasteiger partial charge in [-0.2, -0.15) is 0 Å². The molecule has 194 valence electrons. The summed E-state index contributed by atoms with van der Waals surface area (Å²) in [6.07, 6.45) is -4.69. The standard InChI is InChI=1S/C24H29ClN4O7/c1-10(2)7-29-8-14-13(15(14)9-29)6-27-22(32)12-5-16(25)18(26)11-3-4-17(28-19(11)12)36-24(35)21(31)20(30)23(33)34/h3-5,10,13-15,20-21,30-31H,6-9,26H2,1-2H3,(H,27,32)(H,33,34). The van der Waals surface area contributed by atoms with E-state index in [0.717, 1.165) is 19.6 Å². The Morgan fingerprint density at radius 1 is 1.22 bits per heavy atom. The van der Waals surface area contributed by atoms with Crippen LogP contribution in [0.4, 0.5) is 5.69 Å². The molecule has 11 nitrogen and oxygen atoms in total. The Kier molecular flexibility index (Phi) is 7.37. The lowest BCUT2D eigenvalue weighted by Gasteiger charge is -2.21. The van der Waals surface area contributed by atoms with Crippen LogP contribution in [0.15, 0.2) is 18.2 Å². The molecule has 1 aromatic heterocycles. The highest BCUT2D eigenvalue weighted by Gasteiger charge is 2.55. The maximum absolute atomic E-state index is 13.1. The second-order valence-corrected chi connectivity index (χ2v) is 10.2. The number of anilines is 1. The third-order valence-electron chi connectivity index (χ3n) is 6.76. The number of fused-ring (bicyclic) bond motifs is 2. The quantitative estimate of drug-likeness (QED) is 0.234. The van der Waals surface area contributed by atoms with E-state index in [1.165, 1.54) is 18.2 Å². The van der Waals surface area contributed by atoms with E-state index >= 15 is 0 Å². The van der Waals surface area contributed by atoms with Crippen molar-refractivity contribution < 1.29 is 34.4 Å². The number of aliphatic carboxylic acids is 1. The largest absolute Gasteiger partial charge is 0.479 e. The fraction of sp³-hybridized carbons (Fsp3) is 0.500. The molecule has 2 fully saturated rings. The van der Waals surface area contributed by atoms with E-state index in [0.29, 0.717) is 35.6 Å². The maximum atomic E-state index is 13.1. The van der Waals surface area contributed by atoms with Crippen LogP contribution in [0.25, 0.3) is 10.9 Å². The highest BCUT2D eigenvalue weighted by molar-refractivity contribution is 6.35. The molecule has 4 rings (SSSR count). The molecule has 4 unspecified atom stereocenters. The van der Waals surface area contributed by atoms with Gasteiger partial charge in [-0.3, -0.25) is 4.79 Å². The van der Waals surface area contributed by atoms with Crippen molar-refractivity contribution in [2.75, 3.05) is 31.9 Å². The topological polar surface area (TPSA) is 175 Å². The number of amides is 1. The van der Waals surface area contributed by atoms with Crippen LogP contribution in [0.1, 0.15) is 24.2 Å². The molecule has 1 aliphatic heterocycles. The average molecular weight is 521 g/mol. The smallest absolute Gasteiger partial charge is 0.345 e. The number of carbonyl (C=O) groups is 3. The highest BCUT2D eigenvalue weighted by Crippen LogP contribution is 2.51. The molecule has 1 aliphatic carbocycles. The fourth-order valence-electron chi connectivity index (χ4n) is 4.93. The van der Waals surface area contributed by atoms with Gasteiger partial charge in [0.05, 0.1) is 21.8 Å². The number of carboxylic acid groups (broad SMARTS) is 1. The van der Waals surface area contributed by atoms with Crippen LogP contribution >= 0.6 is 11.6 Å². The summed E-state index contributed by atoms with van der Waals surface area (Å²) in [7, 11) is 0. The van der Waals surface area contributed by atoms with Gasteiger partial charge >= 0.3 is 11.9 Å². The van der Waals surface area contributed by atoms with E-state index in [1.54, 1.807) is 0 Å². The summed E-state index contributed by atoms with van der Waals surface area (Å²) in [5.74, 6) is -1.76. The second kappa shape index (κ2) is 10.2. The number of nitrogen functional groups attached to an aromatic ring is 1. The zero-order valence-electron chi connectivity index (χ0n) is 19.8. The Morgan fingerprint density at radius 2 is 1.89 bits per heavy atom. The zero-order valence-corrected chi connectivity index (χ0v) is 20.6. The molecule has 2 aliphatic rings. The molecule has 12 heteroatoms. The molecule has 2 aromatic rings. The summed E-state index contributed by atoms with van der Waals surface area (Å²) in [6.45, 7) is 8.07. The van der Waals surface area contributed by atoms with Gasteiger partial charge in [-0.05, 0) is 35.8 Å². The van der Waals surface area contributed by atoms with Crippen LogP contribution in [0.2, 0.25) is 5.02 Å². The first-order valence-corrected chi connectivity index (χ1v) is 12.1. The monoisotopic (exact) mass is 520 g/mol. The van der Waals surface area contributed by atoms with Gasteiger partial charge in [0.25, 0.3) is 5.91 Å². The number of pyridine rings is 1. The molecule has 1 saturated heterocycles. The molecular formula is C24H29ClN4O7. The van der Waals surface area contributed by atoms with Crippen molar-refractivity contribution in [1.29, 1.82) is 0 Å². The van der Waals surface area contributed by atoms with Gasteiger partial charge < -0.3 is 36.0 Å². The fourth-order valence-corrected chi connectivity index (χ4v) is 5.14. The number of nitrogens with two attached hydrogens (primary N) is 1. The number of aliphatic hydroxyl groups is 2. The summed E-state index contributed by atoms with van der Waals surface area (Å²) in [4.78, 5) is 42.5. The number of aromatic nitrogens is 1. The number of rotatable bonds is 9. The number of carbonyl (C=O) groups excluding carboxylic acids is 2. The SMILES string of the molecule is CC(C)CN1CC2C(CNC(=O)c3cc(Cl)c(N)c4ccc(OC(=O)C(O)C(O)C(=O)O)nc34)C2C1. The average Bonchev–Trinajstić information content (AvgIpc) is 3.28. The molecule has 1 amide bonds.